The minimum atomic E-state index is -5.08. The van der Waals surface area contributed by atoms with E-state index < -0.39 is 148 Å². The van der Waals surface area contributed by atoms with Crippen molar-refractivity contribution in [1.29, 1.82) is 0 Å². The number of fused-ring (bicyclic) bond motifs is 6. The molecule has 27 nitrogen and oxygen atoms in total. The third kappa shape index (κ3) is 21.7. The van der Waals surface area contributed by atoms with Crippen LogP contribution in [0.15, 0.2) is 425 Å². The van der Waals surface area contributed by atoms with E-state index in [4.69, 9.17) is 100 Å². The molecule has 708 valence electrons. The zero-order valence-corrected chi connectivity index (χ0v) is 102. The van der Waals surface area contributed by atoms with Crippen LogP contribution in [0.5, 0.6) is 0 Å². The Morgan fingerprint density at radius 2 is 0.243 bits per heavy atom. The molecule has 0 aliphatic carbocycles. The van der Waals surface area contributed by atoms with E-state index in [1.54, 1.807) is 206 Å². The molecule has 0 aromatic heterocycles. The topological polar surface area (TPSA) is 282 Å². The van der Waals surface area contributed by atoms with Crippen molar-refractivity contribution >= 4 is 221 Å². The minimum absolute atomic E-state index is 0. The first-order valence-corrected chi connectivity index (χ1v) is 78.9. The van der Waals surface area contributed by atoms with Gasteiger partial charge in [-0.05, 0) is 58.9 Å². The second-order valence-corrected chi connectivity index (χ2v) is 89.7. The molecule has 0 unspecified atom stereocenters. The Morgan fingerprint density at radius 1 is 0.150 bits per heavy atom. The van der Waals surface area contributed by atoms with Gasteiger partial charge in [0.1, 0.15) is 0 Å². The van der Waals surface area contributed by atoms with Gasteiger partial charge in [-0.25, -0.2) is 13.7 Å². The molecule has 0 amide bonds. The molecule has 3 N–H and O–H groups in total. The van der Waals surface area contributed by atoms with Crippen molar-refractivity contribution in [3.05, 3.63) is 425 Å². The molecule has 0 spiro atoms. The molecule has 140 heavy (non-hydrogen) atoms. The van der Waals surface area contributed by atoms with Crippen molar-refractivity contribution in [2.45, 2.75) is 58.9 Å². The average Bonchev–Trinajstić information content (AvgIpc) is 0.686. The zero-order valence-electron chi connectivity index (χ0n) is 82.1. The van der Waals surface area contributed by atoms with Crippen molar-refractivity contribution in [3.8, 4) is 0 Å². The van der Waals surface area contributed by atoms with Gasteiger partial charge < -0.3 is 90.7 Å². The molecule has 47 heteroatoms. The summed E-state index contributed by atoms with van der Waals surface area (Å²) >= 11 is 0. The molecule has 20 rings (SSSR count). The van der Waals surface area contributed by atoms with E-state index in [9.17, 15) is 15.8 Å². The van der Waals surface area contributed by atoms with Crippen molar-refractivity contribution in [2.75, 3.05) is 0 Å². The first-order chi connectivity index (χ1) is 66.0. The number of benzene rings is 14. The summed E-state index contributed by atoms with van der Waals surface area (Å²) in [6, 6.07) is 129. The van der Waals surface area contributed by atoms with E-state index in [1.165, 1.54) is 0 Å². The van der Waals surface area contributed by atoms with Crippen molar-refractivity contribution in [1.82, 2.24) is 0 Å². The first kappa shape index (κ1) is 107. The van der Waals surface area contributed by atoms with Crippen LogP contribution in [0.4, 0.5) is 0 Å². The second-order valence-electron chi connectivity index (χ2n) is 35.7. The van der Waals surface area contributed by atoms with Gasteiger partial charge >= 0.3 is 212 Å². The largest absolute Gasteiger partial charge is 1.00 e. The SMILES string of the molecule is C[Si](C)(C)O[Si]1(c2ccccc2)O[Si]2(c3ccccc3)O[Si](O[Si](C)(C)C)(c3ccccc3)O[Si]3(c4ccccc4)O[Si](O[Si](C)(C)C)(c4ccccc4)O[Si](c4ccccc4)(O1)O[Si](c1ccccc1)(O2)O3.OO[Si]1(c2ccccc2)O[Si]2(c3ccccc3)O[Si](OO)(c3ccccc3)O[Si]3(c4ccccc4)O[Si](OO)(c4ccccc4)O[Si](c4ccccc4)(O1)O[Si](c1ccccc1)(O2)O3.[H-].[H-].[H-].[Na+].[Na+].[Na+]. The fourth-order valence-corrected chi connectivity index (χ4v) is 99.4. The molecule has 14 aromatic rings. The molecule has 6 aliphatic rings. The molecule has 6 heterocycles. The van der Waals surface area contributed by atoms with Gasteiger partial charge in [-0.2, -0.15) is 0 Å². The van der Waals surface area contributed by atoms with Crippen LogP contribution in [0.25, 0.3) is 0 Å². The Balaban J connectivity index is 0.000000232. The van der Waals surface area contributed by atoms with Crippen LogP contribution in [-0.4, -0.2) is 164 Å². The summed E-state index contributed by atoms with van der Waals surface area (Å²) < 4.78 is 183. The average molecular weight is 2200 g/mol. The molecule has 0 atom stereocenters. The summed E-state index contributed by atoms with van der Waals surface area (Å²) in [6.07, 6.45) is 0. The van der Waals surface area contributed by atoms with E-state index in [0.29, 0.717) is 57.1 Å². The van der Waals surface area contributed by atoms with Crippen molar-refractivity contribution in [3.63, 3.8) is 0 Å². The van der Waals surface area contributed by atoms with Crippen LogP contribution in [0.3, 0.4) is 0 Å². The second kappa shape index (κ2) is 43.5. The molecule has 0 saturated carbocycles. The Kier molecular flexibility index (Phi) is 33.4. The normalized spacial score (nSPS) is 29.9. The van der Waals surface area contributed by atoms with Crippen LogP contribution >= 0.6 is 0 Å². The number of rotatable bonds is 23. The van der Waals surface area contributed by atoms with Gasteiger partial charge in [-0.3, -0.25) is 15.8 Å². The monoisotopic (exact) mass is 2200 g/mol. The van der Waals surface area contributed by atoms with E-state index in [0.717, 1.165) is 0 Å². The maximum Gasteiger partial charge on any atom is 1.00 e. The van der Waals surface area contributed by atoms with E-state index in [2.05, 4.69) is 58.9 Å². The van der Waals surface area contributed by atoms with Crippen LogP contribution in [0.1, 0.15) is 4.28 Å². The van der Waals surface area contributed by atoms with Gasteiger partial charge in [0.2, 0.25) is 0 Å². The predicted octanol–water partition coefficient (Wildman–Crippen LogP) is 0.571. The van der Waals surface area contributed by atoms with Crippen LogP contribution in [0.2, 0.25) is 58.9 Å². The summed E-state index contributed by atoms with van der Waals surface area (Å²) in [7, 11) is -77.0. The minimum Gasteiger partial charge on any atom is -1.00 e. The zero-order chi connectivity index (χ0) is 95.1. The smallest absolute Gasteiger partial charge is 1.00 e. The summed E-state index contributed by atoms with van der Waals surface area (Å²) in [5.41, 5.74) is 0. The maximum absolute atomic E-state index is 11.7. The molecule has 0 radical (unpaired) electrons. The van der Waals surface area contributed by atoms with Crippen LogP contribution < -0.4 is 161 Å². The van der Waals surface area contributed by atoms with Crippen molar-refractivity contribution < 1.29 is 209 Å². The summed E-state index contributed by atoms with van der Waals surface area (Å²) in [6.45, 7) is 19.1. The van der Waals surface area contributed by atoms with Gasteiger partial charge in [-0.15, -0.1) is 0 Å². The Morgan fingerprint density at radius 3 is 0.350 bits per heavy atom. The number of hydrogen-bond donors (Lipinski definition) is 3. The first-order valence-electron chi connectivity index (χ1n) is 44.5. The Bertz CT molecular complexity index is 5850. The van der Waals surface area contributed by atoms with E-state index >= 15 is 0 Å². The molecular weight excluding hydrogens is 2100 g/mol. The fourth-order valence-electron chi connectivity index (χ4n) is 16.7. The standard InChI is InChI=1S/C51H62O12Si10.C42H38O15Si7.3Na.3H/c1-64(2,3)52-67(45-31-17-10-18-32-45)55-70(48-37-23-13-24-38-48)57-68(53-65(4,5)6,46-33-19-11-20-34-46)59-72(50-41-27-15-28-42-50)60-69(54-66(7,8)9,47-35-21-12-22-36-47)58-71(56-67,49-39-25-14-26-40-49)62-73(61-70,63-72)51-43-29-16-30-44-51;43-46-58(36-22-8-1-9-23-36)49-61(39-28-14-4-15-29-39)51-59(47-44,37-24-10-2-11-25-37)53-63(41-32-18-6-19-33-41)54-60(48-45,38-26-12-3-13-27-38)52-62(50-58,40-30-16-5-17-31-40)56-64(55-61,57-63)42-34-20-7-21-35-42;;;;;;/h10-44H,1-9H3;1-35,43-45H;;;;;;/q;;3*+1;3*-1. The quantitative estimate of drug-likeness (QED) is 0.0448. The van der Waals surface area contributed by atoms with Gasteiger partial charge in [0.25, 0.3) is 0 Å². The molecule has 6 fully saturated rings. The number of hydrogen-bond acceptors (Lipinski definition) is 27. The third-order valence-corrected chi connectivity index (χ3v) is 86.9. The molecule has 6 aliphatic heterocycles. The third-order valence-electron chi connectivity index (χ3n) is 22.3. The Hall–Kier alpha value is -5.31. The predicted molar refractivity (Wildman–Crippen MR) is 553 cm³/mol. The summed E-state index contributed by atoms with van der Waals surface area (Å²) in [4.78, 5) is 0. The molecular formula is C93H103Na3O27Si17. The van der Waals surface area contributed by atoms with Crippen molar-refractivity contribution in [2.24, 2.45) is 0 Å². The summed E-state index contributed by atoms with van der Waals surface area (Å²) in [5, 5.41) is 41.2. The molecule has 6 saturated heterocycles. The Labute approximate surface area is 903 Å². The summed E-state index contributed by atoms with van der Waals surface area (Å²) in [5.74, 6) is 0. The van der Waals surface area contributed by atoms with Crippen LogP contribution in [-0.2, 0) is 100 Å². The fraction of sp³-hybridized carbons (Fsp3) is 0.0968. The van der Waals surface area contributed by atoms with Crippen LogP contribution in [0, 0.1) is 0 Å². The van der Waals surface area contributed by atoms with Gasteiger partial charge in [0, 0.05) is 72.6 Å². The molecule has 14 aromatic carbocycles. The van der Waals surface area contributed by atoms with Gasteiger partial charge in [0.15, 0.2) is 25.0 Å². The maximum atomic E-state index is 11.7. The van der Waals surface area contributed by atoms with E-state index in [-0.39, 0.29) is 109 Å². The molecule has 8 bridgehead atoms. The van der Waals surface area contributed by atoms with Gasteiger partial charge in [0.05, 0.1) is 0 Å². The van der Waals surface area contributed by atoms with E-state index in [1.807, 2.05) is 218 Å². The van der Waals surface area contributed by atoms with Gasteiger partial charge in [-0.1, -0.05) is 425 Å².